The first-order chi connectivity index (χ1) is 9.83. The first kappa shape index (κ1) is 17.6. The van der Waals surface area contributed by atoms with Gasteiger partial charge in [0, 0.05) is 6.20 Å². The van der Waals surface area contributed by atoms with Gasteiger partial charge in [-0.1, -0.05) is 35.9 Å². The second-order valence-corrected chi connectivity index (χ2v) is 4.23. The zero-order chi connectivity index (χ0) is 14.4. The molecule has 3 rings (SSSR count). The molecule has 0 aliphatic carbocycles. The molecule has 0 aliphatic rings. The summed E-state index contributed by atoms with van der Waals surface area (Å²) in [5.74, 6) is 0. The summed E-state index contributed by atoms with van der Waals surface area (Å²) in [6.07, 6.45) is 1.95. The zero-order valence-electron chi connectivity index (χ0n) is 11.9. The molecule has 0 saturated carbocycles. The molecule has 0 bridgehead atoms. The molecule has 0 aliphatic heterocycles. The molecule has 110 valence electrons. The van der Waals surface area contributed by atoms with Gasteiger partial charge in [0.05, 0.1) is 5.69 Å². The minimum absolute atomic E-state index is 0. The average molecular weight is 476 g/mol. The molecule has 0 spiro atoms. The standard InChI is InChI=1S/C16H13N2.CH3.ClH.Ir/c1-13-11-12-18(17-13)16-9-7-15(8-10-16)14-5-3-2-4-6-14;;;/h2-9,11-12H,1H3;1H3;1H;/q2*-1;;+3/p-1. The predicted molar refractivity (Wildman–Crippen MR) is 84.8 cm³/mol. The van der Waals surface area contributed by atoms with Crippen molar-refractivity contribution in [3.63, 3.8) is 0 Å². The number of benzene rings is 2. The first-order valence-electron chi connectivity index (χ1n) is 6.05. The molecule has 0 fully saturated rings. The van der Waals surface area contributed by atoms with Crippen molar-refractivity contribution in [1.82, 2.24) is 9.78 Å². The Morgan fingerprint density at radius 3 is 2.24 bits per heavy atom. The summed E-state index contributed by atoms with van der Waals surface area (Å²) in [5, 5.41) is 4.37. The van der Waals surface area contributed by atoms with Crippen molar-refractivity contribution >= 4 is 9.58 Å². The molecule has 0 saturated heterocycles. The molecule has 21 heavy (non-hydrogen) atoms. The number of hydrogen-bond acceptors (Lipinski definition) is 1. The van der Waals surface area contributed by atoms with Gasteiger partial charge in [0.15, 0.2) is 0 Å². The van der Waals surface area contributed by atoms with E-state index in [1.54, 1.807) is 0 Å². The van der Waals surface area contributed by atoms with E-state index in [4.69, 9.17) is 0 Å². The maximum atomic E-state index is 4.64. The SMILES string of the molecule is Cc1ccn(-c2[c-]cc(-c3ccccc3)cc2)n1.[CH3-].[Cl][Ir+2]. The van der Waals surface area contributed by atoms with E-state index in [1.807, 2.05) is 54.2 Å². The molecule has 0 unspecified atom stereocenters. The molecule has 0 amide bonds. The molecule has 3 aromatic rings. The minimum atomic E-state index is 0. The molecule has 1 heterocycles. The van der Waals surface area contributed by atoms with Crippen LogP contribution in [0.25, 0.3) is 16.8 Å². The summed E-state index contributed by atoms with van der Waals surface area (Å²) >= 11 is 1.47. The van der Waals surface area contributed by atoms with Gasteiger partial charge in [0.25, 0.3) is 0 Å². The third kappa shape index (κ3) is 4.53. The van der Waals surface area contributed by atoms with Gasteiger partial charge in [-0.3, -0.25) is 4.68 Å². The van der Waals surface area contributed by atoms with Crippen LogP contribution in [0.15, 0.2) is 60.8 Å². The predicted octanol–water partition coefficient (Wildman–Crippen LogP) is 4.79. The van der Waals surface area contributed by atoms with Crippen LogP contribution in [-0.2, 0) is 17.9 Å². The molecule has 0 radical (unpaired) electrons. The Labute approximate surface area is 140 Å². The van der Waals surface area contributed by atoms with Crippen LogP contribution >= 0.6 is 9.58 Å². The quantitative estimate of drug-likeness (QED) is 0.487. The molecule has 4 heteroatoms. The second-order valence-electron chi connectivity index (χ2n) is 4.23. The van der Waals surface area contributed by atoms with E-state index in [0.29, 0.717) is 0 Å². The van der Waals surface area contributed by atoms with Crippen LogP contribution in [0.3, 0.4) is 0 Å². The van der Waals surface area contributed by atoms with Gasteiger partial charge in [-0.15, -0.1) is 11.6 Å². The van der Waals surface area contributed by atoms with E-state index in [9.17, 15) is 0 Å². The summed E-state index contributed by atoms with van der Waals surface area (Å²) in [6, 6.07) is 21.7. The van der Waals surface area contributed by atoms with Gasteiger partial charge in [-0.05, 0) is 18.7 Å². The number of halogens is 1. The van der Waals surface area contributed by atoms with Crippen molar-refractivity contribution in [2.24, 2.45) is 0 Å². The average Bonchev–Trinajstić information content (AvgIpc) is 2.97. The van der Waals surface area contributed by atoms with E-state index in [0.717, 1.165) is 11.4 Å². The monoisotopic (exact) mass is 476 g/mol. The normalized spacial score (nSPS) is 9.29. The molecule has 2 aromatic carbocycles. The summed E-state index contributed by atoms with van der Waals surface area (Å²) in [7, 11) is 4.64. The van der Waals surface area contributed by atoms with Crippen molar-refractivity contribution in [3.05, 3.63) is 80.0 Å². The Kier molecular flexibility index (Phi) is 7.38. The van der Waals surface area contributed by atoms with Crippen LogP contribution in [0, 0.1) is 20.4 Å². The fourth-order valence-electron chi connectivity index (χ4n) is 1.92. The Bertz CT molecular complexity index is 648. The summed E-state index contributed by atoms with van der Waals surface area (Å²) in [5.41, 5.74) is 4.35. The van der Waals surface area contributed by atoms with E-state index >= 15 is 0 Å². The first-order valence-corrected chi connectivity index (χ1v) is 9.02. The van der Waals surface area contributed by atoms with Gasteiger partial charge in [0.2, 0.25) is 0 Å². The van der Waals surface area contributed by atoms with Crippen molar-refractivity contribution in [2.75, 3.05) is 0 Å². The van der Waals surface area contributed by atoms with Crippen molar-refractivity contribution in [1.29, 1.82) is 0 Å². The third-order valence-electron chi connectivity index (χ3n) is 2.87. The number of aryl methyl sites for hydroxylation is 1. The molecule has 0 N–H and O–H groups in total. The topological polar surface area (TPSA) is 17.8 Å². The van der Waals surface area contributed by atoms with Crippen molar-refractivity contribution in [2.45, 2.75) is 6.92 Å². The molecular formula is C17H16ClIrN2. The Morgan fingerprint density at radius 1 is 1.00 bits per heavy atom. The Hall–Kier alpha value is -1.41. The zero-order valence-corrected chi connectivity index (χ0v) is 15.0. The Balaban J connectivity index is 0.000000706. The fourth-order valence-corrected chi connectivity index (χ4v) is 1.92. The third-order valence-corrected chi connectivity index (χ3v) is 2.87. The van der Waals surface area contributed by atoms with Crippen LogP contribution in [0.5, 0.6) is 0 Å². The number of nitrogens with zero attached hydrogens (tertiary/aromatic N) is 2. The van der Waals surface area contributed by atoms with Gasteiger partial charge >= 0.3 is 27.5 Å². The van der Waals surface area contributed by atoms with Crippen LogP contribution < -0.4 is 0 Å². The van der Waals surface area contributed by atoms with Gasteiger partial charge in [-0.2, -0.15) is 23.3 Å². The number of rotatable bonds is 2. The maximum absolute atomic E-state index is 4.64. The summed E-state index contributed by atoms with van der Waals surface area (Å²) in [4.78, 5) is 0. The Morgan fingerprint density at radius 2 is 1.71 bits per heavy atom. The van der Waals surface area contributed by atoms with E-state index in [2.05, 4.69) is 38.9 Å². The van der Waals surface area contributed by atoms with Crippen LogP contribution in [0.4, 0.5) is 0 Å². The van der Waals surface area contributed by atoms with E-state index < -0.39 is 0 Å². The van der Waals surface area contributed by atoms with Gasteiger partial charge in [0.1, 0.15) is 0 Å². The summed E-state index contributed by atoms with van der Waals surface area (Å²) in [6.45, 7) is 1.98. The van der Waals surface area contributed by atoms with Crippen molar-refractivity contribution in [3.8, 4) is 16.8 Å². The fraction of sp³-hybridized carbons (Fsp3) is 0.0588. The van der Waals surface area contributed by atoms with Crippen LogP contribution in [-0.4, -0.2) is 9.78 Å². The second kappa shape index (κ2) is 8.78. The van der Waals surface area contributed by atoms with Gasteiger partial charge in [-0.25, -0.2) is 0 Å². The van der Waals surface area contributed by atoms with E-state index in [1.165, 1.54) is 29.0 Å². The molecule has 2 nitrogen and oxygen atoms in total. The molecular weight excluding hydrogens is 460 g/mol. The van der Waals surface area contributed by atoms with Crippen LogP contribution in [0.1, 0.15) is 5.69 Å². The van der Waals surface area contributed by atoms with Gasteiger partial charge < -0.3 is 7.43 Å². The molecule has 1 aromatic heterocycles. The number of hydrogen-bond donors (Lipinski definition) is 0. The molecule has 0 atom stereocenters. The van der Waals surface area contributed by atoms with Crippen molar-refractivity contribution < 1.29 is 17.9 Å². The number of aromatic nitrogens is 2. The van der Waals surface area contributed by atoms with E-state index in [-0.39, 0.29) is 7.43 Å². The summed E-state index contributed by atoms with van der Waals surface area (Å²) < 4.78 is 1.84. The van der Waals surface area contributed by atoms with Crippen LogP contribution in [0.2, 0.25) is 0 Å².